The third kappa shape index (κ3) is 3.07. The van der Waals surface area contributed by atoms with E-state index in [0.29, 0.717) is 11.6 Å². The number of carbonyl (C=O) groups excluding carboxylic acids is 1. The van der Waals surface area contributed by atoms with Crippen molar-refractivity contribution < 1.29 is 13.9 Å². The van der Waals surface area contributed by atoms with Crippen molar-refractivity contribution in [2.45, 2.75) is 31.0 Å². The highest BCUT2D eigenvalue weighted by atomic mass is 16.5. The van der Waals surface area contributed by atoms with E-state index in [1.807, 2.05) is 17.2 Å². The molecule has 6 nitrogen and oxygen atoms in total. The predicted octanol–water partition coefficient (Wildman–Crippen LogP) is 2.35. The average molecular weight is 341 g/mol. The molecule has 2 fully saturated rings. The molecular weight excluding hydrogens is 318 g/mol. The number of rotatable bonds is 4. The fraction of sp³-hybridized carbons (Fsp3) is 0.474. The maximum atomic E-state index is 12.4. The second kappa shape index (κ2) is 6.98. The van der Waals surface area contributed by atoms with Gasteiger partial charge in [0.05, 0.1) is 24.0 Å². The fourth-order valence-electron chi connectivity index (χ4n) is 4.00. The normalized spacial score (nSPS) is 24.9. The topological polar surface area (TPSA) is 58.8 Å². The summed E-state index contributed by atoms with van der Waals surface area (Å²) in [4.78, 5) is 21.1. The summed E-state index contributed by atoms with van der Waals surface area (Å²) in [6.45, 7) is 2.50. The molecule has 4 rings (SSSR count). The van der Waals surface area contributed by atoms with Crippen molar-refractivity contribution in [3.63, 3.8) is 0 Å². The van der Waals surface area contributed by atoms with Gasteiger partial charge in [-0.25, -0.2) is 0 Å². The van der Waals surface area contributed by atoms with Crippen molar-refractivity contribution in [1.29, 1.82) is 0 Å². The van der Waals surface area contributed by atoms with Gasteiger partial charge >= 0.3 is 0 Å². The van der Waals surface area contributed by atoms with E-state index in [0.717, 1.165) is 32.5 Å². The lowest BCUT2D eigenvalue weighted by atomic mass is 9.87. The number of furan rings is 1. The molecule has 0 spiro atoms. The molecular formula is C19H23N3O3. The summed E-state index contributed by atoms with van der Waals surface area (Å²) in [5.41, 5.74) is 1.84. The van der Waals surface area contributed by atoms with E-state index in [1.54, 1.807) is 25.6 Å². The molecule has 0 bridgehead atoms. The third-order valence-corrected chi connectivity index (χ3v) is 5.42. The molecule has 0 saturated carbocycles. The first-order valence-electron chi connectivity index (χ1n) is 8.78. The number of likely N-dealkylation sites (tertiary alicyclic amines) is 2. The minimum absolute atomic E-state index is 0.0642. The Morgan fingerprint density at radius 1 is 1.32 bits per heavy atom. The largest absolute Gasteiger partial charge is 0.472 e. The molecule has 2 unspecified atom stereocenters. The van der Waals surface area contributed by atoms with Crippen molar-refractivity contribution >= 4 is 5.91 Å². The van der Waals surface area contributed by atoms with Crippen LogP contribution in [0.3, 0.4) is 0 Å². The highest BCUT2D eigenvalue weighted by Gasteiger charge is 2.44. The van der Waals surface area contributed by atoms with Crippen LogP contribution < -0.4 is 0 Å². The summed E-state index contributed by atoms with van der Waals surface area (Å²) in [5, 5.41) is 0. The van der Waals surface area contributed by atoms with Crippen molar-refractivity contribution in [2.24, 2.45) is 0 Å². The third-order valence-electron chi connectivity index (χ3n) is 5.42. The van der Waals surface area contributed by atoms with Gasteiger partial charge in [0.15, 0.2) is 0 Å². The van der Waals surface area contributed by atoms with Crippen LogP contribution in [0.15, 0.2) is 47.5 Å². The van der Waals surface area contributed by atoms with E-state index in [9.17, 15) is 4.79 Å². The smallest absolute Gasteiger partial charge is 0.257 e. The van der Waals surface area contributed by atoms with Gasteiger partial charge in [-0.3, -0.25) is 14.7 Å². The molecule has 4 heterocycles. The molecule has 0 N–H and O–H groups in total. The van der Waals surface area contributed by atoms with Gasteiger partial charge in [-0.1, -0.05) is 6.07 Å². The van der Waals surface area contributed by atoms with E-state index in [-0.39, 0.29) is 18.1 Å². The molecule has 0 aliphatic carbocycles. The number of ether oxygens (including phenoxy) is 1. The van der Waals surface area contributed by atoms with Crippen LogP contribution in [0.5, 0.6) is 0 Å². The number of hydrogen-bond acceptors (Lipinski definition) is 5. The number of carbonyl (C=O) groups is 1. The Bertz CT molecular complexity index is 696. The number of methoxy groups -OCH3 is 1. The van der Waals surface area contributed by atoms with E-state index in [4.69, 9.17) is 9.15 Å². The lowest BCUT2D eigenvalue weighted by Gasteiger charge is -2.52. The van der Waals surface area contributed by atoms with Crippen LogP contribution in [-0.2, 0) is 4.74 Å². The minimum atomic E-state index is 0.0642. The molecule has 0 radical (unpaired) electrons. The summed E-state index contributed by atoms with van der Waals surface area (Å²) in [6.07, 6.45) is 8.98. The zero-order valence-electron chi connectivity index (χ0n) is 14.4. The van der Waals surface area contributed by atoms with Gasteiger partial charge in [0.1, 0.15) is 6.26 Å². The quantitative estimate of drug-likeness (QED) is 0.854. The number of nitrogens with zero attached hydrogens (tertiary/aromatic N) is 3. The van der Waals surface area contributed by atoms with E-state index >= 15 is 0 Å². The van der Waals surface area contributed by atoms with E-state index in [2.05, 4.69) is 16.0 Å². The van der Waals surface area contributed by atoms with Crippen molar-refractivity contribution in [2.75, 3.05) is 26.7 Å². The number of hydrogen-bond donors (Lipinski definition) is 0. The monoisotopic (exact) mass is 341 g/mol. The van der Waals surface area contributed by atoms with E-state index < -0.39 is 0 Å². The van der Waals surface area contributed by atoms with Gasteiger partial charge < -0.3 is 14.1 Å². The molecule has 2 saturated heterocycles. The zero-order chi connectivity index (χ0) is 17.2. The maximum absolute atomic E-state index is 12.4. The van der Waals surface area contributed by atoms with Gasteiger partial charge in [-0.15, -0.1) is 0 Å². The number of pyridine rings is 1. The molecule has 2 aromatic rings. The van der Waals surface area contributed by atoms with Crippen LogP contribution in [0.25, 0.3) is 0 Å². The lowest BCUT2D eigenvalue weighted by molar-refractivity contribution is -0.115. The Morgan fingerprint density at radius 3 is 2.80 bits per heavy atom. The van der Waals surface area contributed by atoms with Crippen molar-refractivity contribution in [3.8, 4) is 0 Å². The SMILES string of the molecule is COC1CN(C2CCN(C(=O)c3ccoc3)CC2)C1c1cccnc1. The summed E-state index contributed by atoms with van der Waals surface area (Å²) in [5.74, 6) is 0.0642. The summed E-state index contributed by atoms with van der Waals surface area (Å²) < 4.78 is 10.7. The van der Waals surface area contributed by atoms with Gasteiger partial charge in [0, 0.05) is 45.2 Å². The number of aromatic nitrogens is 1. The van der Waals surface area contributed by atoms with Crippen LogP contribution >= 0.6 is 0 Å². The Hall–Kier alpha value is -2.18. The van der Waals surface area contributed by atoms with Crippen molar-refractivity contribution in [3.05, 3.63) is 54.2 Å². The zero-order valence-corrected chi connectivity index (χ0v) is 14.4. The molecule has 2 aliphatic rings. The highest BCUT2D eigenvalue weighted by Crippen LogP contribution is 2.39. The van der Waals surface area contributed by atoms with Gasteiger partial charge in [-0.05, 0) is 30.5 Å². The minimum Gasteiger partial charge on any atom is -0.472 e. The average Bonchev–Trinajstić information content (AvgIpc) is 3.17. The lowest BCUT2D eigenvalue weighted by Crippen LogP contribution is -2.60. The molecule has 1 amide bonds. The van der Waals surface area contributed by atoms with Crippen LogP contribution in [0.1, 0.15) is 34.8 Å². The molecule has 132 valence electrons. The Morgan fingerprint density at radius 2 is 2.16 bits per heavy atom. The first-order valence-corrected chi connectivity index (χ1v) is 8.78. The summed E-state index contributed by atoms with van der Waals surface area (Å²) >= 11 is 0. The first-order chi connectivity index (χ1) is 12.3. The van der Waals surface area contributed by atoms with Crippen LogP contribution in [0.4, 0.5) is 0 Å². The second-order valence-electron chi connectivity index (χ2n) is 6.74. The van der Waals surface area contributed by atoms with Gasteiger partial charge in [0.2, 0.25) is 0 Å². The summed E-state index contributed by atoms with van der Waals surface area (Å²) in [6, 6.07) is 6.56. The molecule has 25 heavy (non-hydrogen) atoms. The summed E-state index contributed by atoms with van der Waals surface area (Å²) in [7, 11) is 1.78. The van der Waals surface area contributed by atoms with Gasteiger partial charge in [-0.2, -0.15) is 0 Å². The molecule has 0 aromatic carbocycles. The Balaban J connectivity index is 1.40. The maximum Gasteiger partial charge on any atom is 0.257 e. The predicted molar refractivity (Wildman–Crippen MR) is 92.1 cm³/mol. The van der Waals surface area contributed by atoms with Crippen LogP contribution in [0.2, 0.25) is 0 Å². The fourth-order valence-corrected chi connectivity index (χ4v) is 4.00. The van der Waals surface area contributed by atoms with E-state index in [1.165, 1.54) is 11.8 Å². The number of amides is 1. The Kier molecular flexibility index (Phi) is 4.55. The molecule has 2 aliphatic heterocycles. The second-order valence-corrected chi connectivity index (χ2v) is 6.74. The first kappa shape index (κ1) is 16.3. The van der Waals surface area contributed by atoms with Gasteiger partial charge in [0.25, 0.3) is 5.91 Å². The van der Waals surface area contributed by atoms with Crippen molar-refractivity contribution in [1.82, 2.24) is 14.8 Å². The van der Waals surface area contributed by atoms with Crippen LogP contribution in [-0.4, -0.2) is 59.6 Å². The highest BCUT2D eigenvalue weighted by molar-refractivity contribution is 5.93. The molecule has 2 atom stereocenters. The number of piperidine rings is 1. The molecule has 2 aromatic heterocycles. The standard InChI is InChI=1S/C19H23N3O3/c1-24-17-12-22(18(17)14-3-2-7-20-11-14)16-4-8-21(9-5-16)19(23)15-6-10-25-13-15/h2-3,6-7,10-11,13,16-18H,4-5,8-9,12H2,1H3. The van der Waals surface area contributed by atoms with Crippen LogP contribution in [0, 0.1) is 0 Å². The Labute approximate surface area is 147 Å². The molecule has 6 heteroatoms.